The molecule has 2 fully saturated rings. The maximum atomic E-state index is 12.2. The van der Waals surface area contributed by atoms with Crippen LogP contribution in [0.4, 0.5) is 0 Å². The second-order valence-electron chi connectivity index (χ2n) is 10.5. The van der Waals surface area contributed by atoms with Crippen LogP contribution in [0.3, 0.4) is 0 Å². The number of aliphatic hydroxyl groups is 1. The molecule has 2 aliphatic rings. The number of nitrogens with one attached hydrogen (secondary N) is 1. The molecule has 174 valence electrons. The van der Waals surface area contributed by atoms with E-state index in [1.165, 1.54) is 0 Å². The number of carbonyl (C=O) groups excluding carboxylic acids is 1. The van der Waals surface area contributed by atoms with Crippen LogP contribution in [0, 0.1) is 35.0 Å². The van der Waals surface area contributed by atoms with Crippen LogP contribution in [0.15, 0.2) is 0 Å². The number of ether oxygens (including phenoxy) is 2. The van der Waals surface area contributed by atoms with Crippen LogP contribution in [-0.4, -0.2) is 53.7 Å². The summed E-state index contributed by atoms with van der Waals surface area (Å²) in [6.07, 6.45) is 3.56. The van der Waals surface area contributed by atoms with Crippen LogP contribution in [0.25, 0.3) is 0 Å². The van der Waals surface area contributed by atoms with Gasteiger partial charge in [0.25, 0.3) is 0 Å². The number of hydrogen-bond donors (Lipinski definition) is 3. The Balaban J connectivity index is 1.94. The number of hydrogen-bond acceptors (Lipinski definition) is 5. The fourth-order valence-electron chi connectivity index (χ4n) is 5.18. The number of amides is 1. The van der Waals surface area contributed by atoms with Crippen LogP contribution < -0.4 is 5.32 Å². The number of carbonyl (C=O) groups is 2. The molecule has 7 nitrogen and oxygen atoms in total. The van der Waals surface area contributed by atoms with Crippen LogP contribution in [0.5, 0.6) is 0 Å². The van der Waals surface area contributed by atoms with E-state index in [2.05, 4.69) is 19.2 Å². The first-order valence-corrected chi connectivity index (χ1v) is 11.3. The van der Waals surface area contributed by atoms with Gasteiger partial charge in [0.2, 0.25) is 5.91 Å². The van der Waals surface area contributed by atoms with Crippen molar-refractivity contribution in [1.82, 2.24) is 5.32 Å². The van der Waals surface area contributed by atoms with Gasteiger partial charge in [0.05, 0.1) is 12.7 Å². The van der Waals surface area contributed by atoms with Gasteiger partial charge in [-0.25, -0.2) is 4.79 Å². The number of rotatable bonds is 7. The molecule has 0 aromatic carbocycles. The molecule has 7 heteroatoms. The molecule has 0 spiro atoms. The summed E-state index contributed by atoms with van der Waals surface area (Å²) in [6, 6.07) is -1.02. The average Bonchev–Trinajstić information content (AvgIpc) is 2.85. The van der Waals surface area contributed by atoms with Gasteiger partial charge in [0.15, 0.2) is 6.29 Å². The molecule has 30 heavy (non-hydrogen) atoms. The van der Waals surface area contributed by atoms with Crippen molar-refractivity contribution in [2.24, 2.45) is 35.0 Å². The molecular formula is C23H41NO6. The Morgan fingerprint density at radius 1 is 1.13 bits per heavy atom. The summed E-state index contributed by atoms with van der Waals surface area (Å²) in [6.45, 7) is 12.0. The fourth-order valence-corrected chi connectivity index (χ4v) is 5.18. The first-order valence-electron chi connectivity index (χ1n) is 11.3. The third-order valence-corrected chi connectivity index (χ3v) is 7.19. The highest BCUT2D eigenvalue weighted by molar-refractivity contribution is 5.84. The van der Waals surface area contributed by atoms with E-state index in [9.17, 15) is 19.8 Å². The molecular weight excluding hydrogens is 386 g/mol. The highest BCUT2D eigenvalue weighted by atomic mass is 16.6. The minimum Gasteiger partial charge on any atom is -0.480 e. The van der Waals surface area contributed by atoms with Crippen molar-refractivity contribution in [3.63, 3.8) is 0 Å². The van der Waals surface area contributed by atoms with Crippen molar-refractivity contribution in [2.45, 2.75) is 85.7 Å². The first-order chi connectivity index (χ1) is 13.9. The van der Waals surface area contributed by atoms with Gasteiger partial charge in [0, 0.05) is 5.92 Å². The van der Waals surface area contributed by atoms with Crippen molar-refractivity contribution in [3.8, 4) is 0 Å². The van der Waals surface area contributed by atoms with Crippen LogP contribution in [-0.2, 0) is 19.1 Å². The minimum absolute atomic E-state index is 0.132. The lowest BCUT2D eigenvalue weighted by atomic mass is 9.62. The Hall–Kier alpha value is -1.18. The van der Waals surface area contributed by atoms with Crippen LogP contribution >= 0.6 is 0 Å². The van der Waals surface area contributed by atoms with Crippen molar-refractivity contribution >= 4 is 11.9 Å². The predicted octanol–water partition coefficient (Wildman–Crippen LogP) is 3.05. The molecule has 1 aliphatic heterocycles. The predicted molar refractivity (Wildman–Crippen MR) is 114 cm³/mol. The van der Waals surface area contributed by atoms with E-state index in [1.54, 1.807) is 20.8 Å². The van der Waals surface area contributed by atoms with Crippen molar-refractivity contribution in [1.29, 1.82) is 0 Å². The van der Waals surface area contributed by atoms with E-state index < -0.39 is 29.6 Å². The van der Waals surface area contributed by atoms with Gasteiger partial charge in [-0.2, -0.15) is 0 Å². The molecule has 1 aliphatic carbocycles. The summed E-state index contributed by atoms with van der Waals surface area (Å²) in [7, 11) is 0. The highest BCUT2D eigenvalue weighted by Crippen LogP contribution is 2.46. The SMILES string of the molecule is CC1CC[C@@H]2C(CO1)[C@H]([C@@H](C)[C@H](O)OCC(=O)N[C@H](C(=O)O)C(C)(C)C)CC[C@H]2C. The molecule has 3 N–H and O–H groups in total. The Kier molecular flexibility index (Phi) is 8.71. The molecule has 0 radical (unpaired) electrons. The number of carboxylic acids is 1. The molecule has 1 saturated heterocycles. The smallest absolute Gasteiger partial charge is 0.326 e. The zero-order valence-corrected chi connectivity index (χ0v) is 19.4. The Bertz CT molecular complexity index is 589. The summed E-state index contributed by atoms with van der Waals surface area (Å²) in [5, 5.41) is 22.5. The first kappa shape index (κ1) is 25.1. The lowest BCUT2D eigenvalue weighted by Crippen LogP contribution is -2.50. The highest BCUT2D eigenvalue weighted by Gasteiger charge is 2.43. The molecule has 0 aromatic heterocycles. The largest absolute Gasteiger partial charge is 0.480 e. The fraction of sp³-hybridized carbons (Fsp3) is 0.913. The molecule has 2 rings (SSSR count). The number of aliphatic hydroxyl groups excluding tert-OH is 1. The molecule has 8 atom stereocenters. The quantitative estimate of drug-likeness (QED) is 0.540. The second-order valence-corrected chi connectivity index (χ2v) is 10.5. The summed E-state index contributed by atoms with van der Waals surface area (Å²) < 4.78 is 11.5. The van der Waals surface area contributed by atoms with Gasteiger partial charge in [0.1, 0.15) is 12.6 Å². The maximum absolute atomic E-state index is 12.2. The maximum Gasteiger partial charge on any atom is 0.326 e. The van der Waals surface area contributed by atoms with E-state index in [0.29, 0.717) is 24.4 Å². The number of aliphatic carboxylic acids is 1. The minimum atomic E-state index is -1.09. The molecule has 2 unspecified atom stereocenters. The monoisotopic (exact) mass is 427 g/mol. The van der Waals surface area contributed by atoms with Gasteiger partial charge >= 0.3 is 5.97 Å². The normalized spacial score (nSPS) is 33.0. The van der Waals surface area contributed by atoms with Gasteiger partial charge in [-0.1, -0.05) is 41.0 Å². The van der Waals surface area contributed by atoms with E-state index in [1.807, 2.05) is 6.92 Å². The van der Waals surface area contributed by atoms with Crippen molar-refractivity contribution in [2.75, 3.05) is 13.2 Å². The van der Waals surface area contributed by atoms with Crippen molar-refractivity contribution in [3.05, 3.63) is 0 Å². The van der Waals surface area contributed by atoms with E-state index in [-0.39, 0.29) is 24.5 Å². The molecule has 1 amide bonds. The zero-order valence-electron chi connectivity index (χ0n) is 19.4. The second kappa shape index (κ2) is 10.4. The van der Waals surface area contributed by atoms with Gasteiger partial charge < -0.3 is 25.0 Å². The lowest BCUT2D eigenvalue weighted by Gasteiger charge is -2.44. The molecule has 0 bridgehead atoms. The Morgan fingerprint density at radius 2 is 1.80 bits per heavy atom. The van der Waals surface area contributed by atoms with Gasteiger partial charge in [-0.15, -0.1) is 0 Å². The molecule has 1 heterocycles. The van der Waals surface area contributed by atoms with E-state index in [4.69, 9.17) is 9.47 Å². The van der Waals surface area contributed by atoms with Gasteiger partial charge in [-0.05, 0) is 55.3 Å². The summed E-state index contributed by atoms with van der Waals surface area (Å²) in [5.41, 5.74) is -0.627. The third kappa shape index (κ3) is 6.41. The van der Waals surface area contributed by atoms with Crippen molar-refractivity contribution < 1.29 is 29.3 Å². The molecule has 1 saturated carbocycles. The Morgan fingerprint density at radius 3 is 2.40 bits per heavy atom. The number of fused-ring (bicyclic) bond motifs is 1. The molecule has 0 aromatic rings. The van der Waals surface area contributed by atoms with E-state index >= 15 is 0 Å². The lowest BCUT2D eigenvalue weighted by molar-refractivity contribution is -0.168. The number of carboxylic acid groups (broad SMARTS) is 1. The topological polar surface area (TPSA) is 105 Å². The standard InChI is InChI=1S/C23H41NO6/c1-13-7-9-17(18-11-29-14(2)8-10-16(13)18)15(3)22(28)30-12-19(25)24-20(21(26)27)23(4,5)6/h13-18,20,22,28H,7-12H2,1-6H3,(H,24,25)(H,26,27)/t13-,14?,15-,16+,17+,18?,20-,22-/m1/s1. The van der Waals surface area contributed by atoms with E-state index in [0.717, 1.165) is 25.7 Å². The summed E-state index contributed by atoms with van der Waals surface area (Å²) >= 11 is 0. The average molecular weight is 428 g/mol. The summed E-state index contributed by atoms with van der Waals surface area (Å²) in [4.78, 5) is 23.7. The van der Waals surface area contributed by atoms with Gasteiger partial charge in [-0.3, -0.25) is 4.79 Å². The third-order valence-electron chi connectivity index (χ3n) is 7.19. The van der Waals surface area contributed by atoms with Crippen LogP contribution in [0.2, 0.25) is 0 Å². The summed E-state index contributed by atoms with van der Waals surface area (Å²) in [5.74, 6) is 0.151. The van der Waals surface area contributed by atoms with Crippen LogP contribution in [0.1, 0.15) is 67.2 Å². The Labute approximate surface area is 180 Å². The zero-order chi connectivity index (χ0) is 22.6.